The van der Waals surface area contributed by atoms with Crippen molar-refractivity contribution in [2.24, 2.45) is 5.73 Å². The van der Waals surface area contributed by atoms with Crippen LogP contribution in [0.25, 0.3) is 0 Å². The summed E-state index contributed by atoms with van der Waals surface area (Å²) in [7, 11) is 0. The molecular weight excluding hydrogens is 485 g/mol. The van der Waals surface area contributed by atoms with Gasteiger partial charge in [-0.2, -0.15) is 5.26 Å². The number of nitriles is 1. The average molecular weight is 512 g/mol. The Balaban J connectivity index is 0.000000265. The first-order chi connectivity index (χ1) is 16.5. The summed E-state index contributed by atoms with van der Waals surface area (Å²) in [4.78, 5) is 29.9. The highest BCUT2D eigenvalue weighted by molar-refractivity contribution is 5.94. The quantitative estimate of drug-likeness (QED) is 0.476. The number of halogens is 2. The number of aryl methyl sites for hydroxylation is 1. The van der Waals surface area contributed by atoms with Crippen LogP contribution < -0.4 is 11.1 Å². The van der Waals surface area contributed by atoms with Crippen molar-refractivity contribution in [2.45, 2.75) is 45.2 Å². The van der Waals surface area contributed by atoms with E-state index in [0.29, 0.717) is 5.56 Å². The highest BCUT2D eigenvalue weighted by Crippen LogP contribution is 2.43. The summed E-state index contributed by atoms with van der Waals surface area (Å²) in [5.41, 5.74) is 10.2. The van der Waals surface area contributed by atoms with E-state index in [1.54, 1.807) is 19.1 Å². The van der Waals surface area contributed by atoms with Crippen LogP contribution in [0.3, 0.4) is 0 Å². The van der Waals surface area contributed by atoms with Crippen molar-refractivity contribution in [1.82, 2.24) is 15.3 Å². The number of rotatable bonds is 4. The number of aromatic nitrogens is 2. The molecule has 4 rings (SSSR count). The number of benzene rings is 2. The van der Waals surface area contributed by atoms with E-state index in [1.807, 2.05) is 18.2 Å². The van der Waals surface area contributed by atoms with Gasteiger partial charge >= 0.3 is 5.97 Å². The lowest BCUT2D eigenvalue weighted by atomic mass is 9.86. The van der Waals surface area contributed by atoms with E-state index in [9.17, 15) is 14.0 Å². The first kappa shape index (κ1) is 28.4. The molecule has 4 N–H and O–H groups in total. The molecule has 0 saturated heterocycles. The average Bonchev–Trinajstić information content (AvgIpc) is 3.07. The largest absolute Gasteiger partial charge is 0.477 e. The van der Waals surface area contributed by atoms with Gasteiger partial charge < -0.3 is 16.2 Å². The Morgan fingerprint density at radius 2 is 1.89 bits per heavy atom. The van der Waals surface area contributed by atoms with Gasteiger partial charge in [0.05, 0.1) is 11.6 Å². The maximum absolute atomic E-state index is 13.1. The molecule has 1 unspecified atom stereocenters. The van der Waals surface area contributed by atoms with Crippen LogP contribution in [0.1, 0.15) is 75.1 Å². The normalized spacial score (nSPS) is 14.8. The molecule has 1 atom stereocenters. The van der Waals surface area contributed by atoms with Crippen LogP contribution in [0, 0.1) is 24.1 Å². The third-order valence-electron chi connectivity index (χ3n) is 5.84. The van der Waals surface area contributed by atoms with E-state index in [1.165, 1.54) is 17.2 Å². The van der Waals surface area contributed by atoms with E-state index in [2.05, 4.69) is 35.2 Å². The van der Waals surface area contributed by atoms with Crippen molar-refractivity contribution < 1.29 is 19.1 Å². The van der Waals surface area contributed by atoms with E-state index >= 15 is 0 Å². The van der Waals surface area contributed by atoms with Gasteiger partial charge in [-0.05, 0) is 59.2 Å². The first-order valence-electron chi connectivity index (χ1n) is 10.9. The number of nitrogens with zero attached hydrogens (tertiary/aromatic N) is 3. The number of nitrogens with two attached hydrogens (primary N) is 1. The summed E-state index contributed by atoms with van der Waals surface area (Å²) in [6.45, 7) is 6.18. The molecule has 1 aliphatic rings. The second kappa shape index (κ2) is 11.7. The third-order valence-corrected chi connectivity index (χ3v) is 5.84. The summed E-state index contributed by atoms with van der Waals surface area (Å²) in [5.74, 6) is -2.07. The van der Waals surface area contributed by atoms with Gasteiger partial charge in [-0.25, -0.2) is 19.2 Å². The van der Waals surface area contributed by atoms with Crippen molar-refractivity contribution in [3.05, 3.63) is 93.8 Å². The van der Waals surface area contributed by atoms with Crippen LogP contribution in [0.5, 0.6) is 0 Å². The van der Waals surface area contributed by atoms with Gasteiger partial charge in [0.1, 0.15) is 17.8 Å². The summed E-state index contributed by atoms with van der Waals surface area (Å²) in [6, 6.07) is 13.7. The number of nitrogens with one attached hydrogen (secondary N) is 1. The van der Waals surface area contributed by atoms with Gasteiger partial charge in [-0.15, -0.1) is 12.4 Å². The molecule has 1 heterocycles. The maximum Gasteiger partial charge on any atom is 0.354 e. The molecule has 0 saturated carbocycles. The van der Waals surface area contributed by atoms with Crippen LogP contribution in [0.15, 0.2) is 48.8 Å². The molecule has 0 spiro atoms. The molecule has 8 nitrogen and oxygen atoms in total. The van der Waals surface area contributed by atoms with Crippen molar-refractivity contribution in [3.63, 3.8) is 0 Å². The molecule has 188 valence electrons. The molecule has 1 amide bonds. The SMILES string of the molecule is CC1(C)CC(N)c2ccc(C#N)cc21.Cc1cc(CNC(=O)c2cc(C(=O)O)ncn2)ccc1F.Cl. The Kier molecular flexibility index (Phi) is 9.23. The monoisotopic (exact) mass is 511 g/mol. The smallest absolute Gasteiger partial charge is 0.354 e. The molecule has 0 fully saturated rings. The number of carbonyl (C=O) groups is 2. The number of fused-ring (bicyclic) bond motifs is 1. The van der Waals surface area contributed by atoms with E-state index < -0.39 is 11.9 Å². The van der Waals surface area contributed by atoms with Crippen molar-refractivity contribution in [1.29, 1.82) is 5.26 Å². The summed E-state index contributed by atoms with van der Waals surface area (Å²) >= 11 is 0. The fraction of sp³-hybridized carbons (Fsp3) is 0.269. The van der Waals surface area contributed by atoms with Gasteiger partial charge in [-0.1, -0.05) is 32.0 Å². The van der Waals surface area contributed by atoms with Crippen LogP contribution in [-0.4, -0.2) is 27.0 Å². The van der Waals surface area contributed by atoms with Crippen molar-refractivity contribution in [3.8, 4) is 6.07 Å². The highest BCUT2D eigenvalue weighted by Gasteiger charge is 2.34. The zero-order valence-electron chi connectivity index (χ0n) is 20.1. The van der Waals surface area contributed by atoms with Gasteiger partial charge in [0, 0.05) is 18.7 Å². The standard InChI is InChI=1S/C14H12FN3O3.C12H14N2.ClH/c1-8-4-9(2-3-10(8)15)6-16-13(19)11-5-12(14(20)21)18-7-17-11;1-12(2)6-11(14)9-4-3-8(7-13)5-10(9)12;/h2-5,7H,6H2,1H3,(H,16,19)(H,20,21);3-5,11H,6,14H2,1-2H3;1H. The Hall–Kier alpha value is -3.87. The number of carbonyl (C=O) groups excluding carboxylic acids is 1. The molecular formula is C26H27ClFN5O3. The first-order valence-corrected chi connectivity index (χ1v) is 10.9. The van der Waals surface area contributed by atoms with E-state index in [0.717, 1.165) is 29.9 Å². The molecule has 1 aliphatic carbocycles. The maximum atomic E-state index is 13.1. The summed E-state index contributed by atoms with van der Waals surface area (Å²) < 4.78 is 13.1. The molecule has 36 heavy (non-hydrogen) atoms. The van der Waals surface area contributed by atoms with Crippen LogP contribution >= 0.6 is 12.4 Å². The van der Waals surface area contributed by atoms with E-state index in [4.69, 9.17) is 16.1 Å². The lowest BCUT2D eigenvalue weighted by Gasteiger charge is -2.18. The third kappa shape index (κ3) is 6.62. The zero-order valence-corrected chi connectivity index (χ0v) is 20.9. The molecule has 0 radical (unpaired) electrons. The van der Waals surface area contributed by atoms with Gasteiger partial charge in [0.15, 0.2) is 5.69 Å². The topological polar surface area (TPSA) is 142 Å². The van der Waals surface area contributed by atoms with Crippen molar-refractivity contribution in [2.75, 3.05) is 0 Å². The highest BCUT2D eigenvalue weighted by atomic mass is 35.5. The molecule has 10 heteroatoms. The van der Waals surface area contributed by atoms with Crippen LogP contribution in [0.4, 0.5) is 4.39 Å². The summed E-state index contributed by atoms with van der Waals surface area (Å²) in [6.07, 6.45) is 1.98. The minimum Gasteiger partial charge on any atom is -0.477 e. The minimum atomic E-state index is -1.24. The number of hydrogen-bond donors (Lipinski definition) is 3. The van der Waals surface area contributed by atoms with Crippen LogP contribution in [-0.2, 0) is 12.0 Å². The summed E-state index contributed by atoms with van der Waals surface area (Å²) in [5, 5.41) is 20.2. The number of carboxylic acids is 1. The number of carboxylic acid groups (broad SMARTS) is 1. The molecule has 2 aromatic carbocycles. The fourth-order valence-electron chi connectivity index (χ4n) is 3.99. The molecule has 1 aromatic heterocycles. The lowest BCUT2D eigenvalue weighted by Crippen LogP contribution is -2.24. The lowest BCUT2D eigenvalue weighted by molar-refractivity contribution is 0.0690. The number of aromatic carboxylic acids is 1. The van der Waals surface area contributed by atoms with Gasteiger partial charge in [-0.3, -0.25) is 4.79 Å². The van der Waals surface area contributed by atoms with E-state index in [-0.39, 0.29) is 47.6 Å². The fourth-order valence-corrected chi connectivity index (χ4v) is 3.99. The second-order valence-corrected chi connectivity index (χ2v) is 8.97. The predicted molar refractivity (Wildman–Crippen MR) is 134 cm³/mol. The zero-order chi connectivity index (χ0) is 25.8. The minimum absolute atomic E-state index is 0. The van der Waals surface area contributed by atoms with Crippen LogP contribution in [0.2, 0.25) is 0 Å². The van der Waals surface area contributed by atoms with Gasteiger partial charge in [0.2, 0.25) is 0 Å². The second-order valence-electron chi connectivity index (χ2n) is 8.97. The Morgan fingerprint density at radius 1 is 1.19 bits per heavy atom. The predicted octanol–water partition coefficient (Wildman–Crippen LogP) is 4.21. The van der Waals surface area contributed by atoms with Crippen molar-refractivity contribution >= 4 is 24.3 Å². The Labute approximate surface area is 214 Å². The number of amides is 1. The Bertz CT molecular complexity index is 1320. The molecule has 0 aliphatic heterocycles. The van der Waals surface area contributed by atoms with Gasteiger partial charge in [0.25, 0.3) is 5.91 Å². The Morgan fingerprint density at radius 3 is 2.53 bits per heavy atom. The molecule has 3 aromatic rings. The molecule has 0 bridgehead atoms. The number of hydrogen-bond acceptors (Lipinski definition) is 6.